The third kappa shape index (κ3) is 2.40. The van der Waals surface area contributed by atoms with E-state index in [-0.39, 0.29) is 6.61 Å². The van der Waals surface area contributed by atoms with Gasteiger partial charge in [0.25, 0.3) is 0 Å². The second kappa shape index (κ2) is 5.16. The first-order valence-electron chi connectivity index (χ1n) is 6.17. The van der Waals surface area contributed by atoms with Gasteiger partial charge in [0.15, 0.2) is 11.5 Å². The number of halogens is 1. The van der Waals surface area contributed by atoms with Crippen LogP contribution in [0.1, 0.15) is 0 Å². The minimum atomic E-state index is -0.518. The van der Waals surface area contributed by atoms with Gasteiger partial charge in [-0.2, -0.15) is 0 Å². The number of hydrogen-bond donors (Lipinski definition) is 1. The summed E-state index contributed by atoms with van der Waals surface area (Å²) in [6, 6.07) is 10.8. The van der Waals surface area contributed by atoms with E-state index in [1.54, 1.807) is 35.0 Å². The predicted molar refractivity (Wildman–Crippen MR) is 74.3 cm³/mol. The SMILES string of the molecule is Nc1ccn2nc(-c3cccc(OCCF)c3)nc2c1. The molecule has 1 aromatic carbocycles. The zero-order valence-corrected chi connectivity index (χ0v) is 10.7. The number of hydrogen-bond acceptors (Lipinski definition) is 4. The van der Waals surface area contributed by atoms with Gasteiger partial charge in [0, 0.05) is 23.5 Å². The molecule has 102 valence electrons. The van der Waals surface area contributed by atoms with Gasteiger partial charge >= 0.3 is 0 Å². The molecule has 20 heavy (non-hydrogen) atoms. The number of anilines is 1. The van der Waals surface area contributed by atoms with Crippen molar-refractivity contribution in [2.75, 3.05) is 19.0 Å². The summed E-state index contributed by atoms with van der Waals surface area (Å²) >= 11 is 0. The predicted octanol–water partition coefficient (Wildman–Crippen LogP) is 2.33. The van der Waals surface area contributed by atoms with Crippen LogP contribution < -0.4 is 10.5 Å². The number of benzene rings is 1. The molecule has 0 unspecified atom stereocenters. The lowest BCUT2D eigenvalue weighted by Gasteiger charge is -2.04. The molecule has 0 radical (unpaired) electrons. The van der Waals surface area contributed by atoms with Crippen LogP contribution >= 0.6 is 0 Å². The maximum absolute atomic E-state index is 12.1. The Balaban J connectivity index is 1.97. The number of pyridine rings is 1. The van der Waals surface area contributed by atoms with Crippen LogP contribution in [-0.4, -0.2) is 27.9 Å². The van der Waals surface area contributed by atoms with E-state index >= 15 is 0 Å². The fourth-order valence-electron chi connectivity index (χ4n) is 1.90. The number of nitrogens with two attached hydrogens (primary N) is 1. The maximum atomic E-state index is 12.1. The van der Waals surface area contributed by atoms with Crippen molar-refractivity contribution in [3.8, 4) is 17.1 Å². The van der Waals surface area contributed by atoms with Crippen LogP contribution in [0.2, 0.25) is 0 Å². The molecule has 2 aromatic heterocycles. The van der Waals surface area contributed by atoms with E-state index in [9.17, 15) is 4.39 Å². The third-order valence-corrected chi connectivity index (χ3v) is 2.80. The molecular formula is C14H13FN4O. The minimum absolute atomic E-state index is 0.0403. The van der Waals surface area contributed by atoms with Crippen molar-refractivity contribution in [3.63, 3.8) is 0 Å². The number of alkyl halides is 1. The summed E-state index contributed by atoms with van der Waals surface area (Å²) in [4.78, 5) is 4.41. The minimum Gasteiger partial charge on any atom is -0.491 e. The highest BCUT2D eigenvalue weighted by Gasteiger charge is 2.07. The number of aromatic nitrogens is 3. The summed E-state index contributed by atoms with van der Waals surface area (Å²) in [6.45, 7) is -0.477. The molecule has 3 aromatic rings. The van der Waals surface area contributed by atoms with Crippen LogP contribution in [0.25, 0.3) is 17.0 Å². The number of ether oxygens (including phenoxy) is 1. The quantitative estimate of drug-likeness (QED) is 0.791. The molecule has 0 fully saturated rings. The molecule has 0 amide bonds. The number of rotatable bonds is 4. The normalized spacial score (nSPS) is 10.8. The fourth-order valence-corrected chi connectivity index (χ4v) is 1.90. The highest BCUT2D eigenvalue weighted by atomic mass is 19.1. The molecule has 0 bridgehead atoms. The zero-order chi connectivity index (χ0) is 13.9. The molecule has 0 saturated carbocycles. The van der Waals surface area contributed by atoms with Crippen LogP contribution in [-0.2, 0) is 0 Å². The number of fused-ring (bicyclic) bond motifs is 1. The van der Waals surface area contributed by atoms with E-state index in [2.05, 4.69) is 10.1 Å². The van der Waals surface area contributed by atoms with E-state index in [4.69, 9.17) is 10.5 Å². The van der Waals surface area contributed by atoms with Gasteiger partial charge in [-0.15, -0.1) is 5.10 Å². The van der Waals surface area contributed by atoms with Gasteiger partial charge in [0.2, 0.25) is 0 Å². The molecule has 5 nitrogen and oxygen atoms in total. The monoisotopic (exact) mass is 272 g/mol. The van der Waals surface area contributed by atoms with Crippen molar-refractivity contribution >= 4 is 11.3 Å². The lowest BCUT2D eigenvalue weighted by atomic mass is 10.2. The van der Waals surface area contributed by atoms with Crippen LogP contribution in [0.5, 0.6) is 5.75 Å². The Kier molecular flexibility index (Phi) is 3.20. The summed E-state index contributed by atoms with van der Waals surface area (Å²) in [5.74, 6) is 1.17. The lowest BCUT2D eigenvalue weighted by molar-refractivity contribution is 0.273. The highest BCUT2D eigenvalue weighted by Crippen LogP contribution is 2.22. The molecule has 2 heterocycles. The molecule has 3 rings (SSSR count). The van der Waals surface area contributed by atoms with E-state index in [1.165, 1.54) is 0 Å². The summed E-state index contributed by atoms with van der Waals surface area (Å²) in [5.41, 5.74) is 7.83. The molecule has 0 spiro atoms. The standard InChI is InChI=1S/C14H13FN4O/c15-5-7-20-12-3-1-2-10(8-12)14-17-13-9-11(16)4-6-19(13)18-14/h1-4,6,8-9H,5,7,16H2. The zero-order valence-electron chi connectivity index (χ0n) is 10.7. The first kappa shape index (κ1) is 12.4. The van der Waals surface area contributed by atoms with Crippen molar-refractivity contribution in [2.24, 2.45) is 0 Å². The van der Waals surface area contributed by atoms with E-state index in [0.29, 0.717) is 22.9 Å². The van der Waals surface area contributed by atoms with Crippen LogP contribution in [0, 0.1) is 0 Å². The van der Waals surface area contributed by atoms with E-state index in [0.717, 1.165) is 5.56 Å². The molecule has 0 aliphatic rings. The van der Waals surface area contributed by atoms with Gasteiger partial charge in [-0.1, -0.05) is 12.1 Å². The van der Waals surface area contributed by atoms with Crippen molar-refractivity contribution in [1.29, 1.82) is 0 Å². The average Bonchev–Trinajstić information content (AvgIpc) is 2.88. The smallest absolute Gasteiger partial charge is 0.182 e. The molecule has 0 aliphatic heterocycles. The topological polar surface area (TPSA) is 65.4 Å². The van der Waals surface area contributed by atoms with Crippen LogP contribution in [0.3, 0.4) is 0 Å². The molecular weight excluding hydrogens is 259 g/mol. The first-order chi connectivity index (χ1) is 9.76. The Morgan fingerprint density at radius 3 is 3.00 bits per heavy atom. The van der Waals surface area contributed by atoms with Gasteiger partial charge in [0.1, 0.15) is 19.0 Å². The van der Waals surface area contributed by atoms with E-state index < -0.39 is 6.67 Å². The average molecular weight is 272 g/mol. The van der Waals surface area contributed by atoms with Gasteiger partial charge in [0.05, 0.1) is 0 Å². The van der Waals surface area contributed by atoms with E-state index in [1.807, 2.05) is 12.1 Å². The molecule has 0 aliphatic carbocycles. The number of nitrogen functional groups attached to an aromatic ring is 1. The van der Waals surface area contributed by atoms with Gasteiger partial charge in [-0.25, -0.2) is 13.9 Å². The Bertz CT molecular complexity index is 741. The Morgan fingerprint density at radius 1 is 1.25 bits per heavy atom. The molecule has 0 atom stereocenters. The van der Waals surface area contributed by atoms with Crippen molar-refractivity contribution < 1.29 is 9.13 Å². The van der Waals surface area contributed by atoms with Crippen molar-refractivity contribution in [3.05, 3.63) is 42.6 Å². The molecule has 2 N–H and O–H groups in total. The Morgan fingerprint density at radius 2 is 2.15 bits per heavy atom. The Hall–Kier alpha value is -2.63. The van der Waals surface area contributed by atoms with Crippen LogP contribution in [0.4, 0.5) is 10.1 Å². The molecule has 0 saturated heterocycles. The summed E-state index contributed by atoms with van der Waals surface area (Å²) in [7, 11) is 0. The van der Waals surface area contributed by atoms with Gasteiger partial charge < -0.3 is 10.5 Å². The van der Waals surface area contributed by atoms with Crippen molar-refractivity contribution in [1.82, 2.24) is 14.6 Å². The summed E-state index contributed by atoms with van der Waals surface area (Å²) in [6.07, 6.45) is 1.75. The van der Waals surface area contributed by atoms with Gasteiger partial charge in [-0.05, 0) is 18.2 Å². The fraction of sp³-hybridized carbons (Fsp3) is 0.143. The largest absolute Gasteiger partial charge is 0.491 e. The first-order valence-corrected chi connectivity index (χ1v) is 6.17. The molecule has 6 heteroatoms. The third-order valence-electron chi connectivity index (χ3n) is 2.80. The maximum Gasteiger partial charge on any atom is 0.182 e. The second-order valence-corrected chi connectivity index (χ2v) is 4.26. The van der Waals surface area contributed by atoms with Crippen molar-refractivity contribution in [2.45, 2.75) is 0 Å². The highest BCUT2D eigenvalue weighted by molar-refractivity contribution is 5.61. The number of nitrogens with zero attached hydrogens (tertiary/aromatic N) is 3. The Labute approximate surface area is 114 Å². The van der Waals surface area contributed by atoms with Crippen LogP contribution in [0.15, 0.2) is 42.6 Å². The summed E-state index contributed by atoms with van der Waals surface area (Å²) in [5, 5.41) is 4.37. The lowest BCUT2D eigenvalue weighted by Crippen LogP contribution is -1.98. The van der Waals surface area contributed by atoms with Gasteiger partial charge in [-0.3, -0.25) is 0 Å². The summed E-state index contributed by atoms with van der Waals surface area (Å²) < 4.78 is 19.0. The second-order valence-electron chi connectivity index (χ2n) is 4.26.